The number of hydrogen-bond acceptors (Lipinski definition) is 4. The zero-order chi connectivity index (χ0) is 14.7. The highest BCUT2D eigenvalue weighted by Crippen LogP contribution is 2.25. The summed E-state index contributed by atoms with van der Waals surface area (Å²) < 4.78 is 13.4. The van der Waals surface area contributed by atoms with E-state index in [0.29, 0.717) is 5.02 Å². The van der Waals surface area contributed by atoms with Crippen molar-refractivity contribution in [2.75, 3.05) is 0 Å². The van der Waals surface area contributed by atoms with E-state index in [0.717, 1.165) is 24.4 Å². The molecule has 0 unspecified atom stereocenters. The molecule has 2 aromatic carbocycles. The quantitative estimate of drug-likeness (QED) is 0.531. The number of aromatic hydroxyl groups is 1. The molecule has 0 radical (unpaired) electrons. The van der Waals surface area contributed by atoms with Crippen molar-refractivity contribution in [2.24, 2.45) is 4.99 Å². The third kappa shape index (κ3) is 3.10. The summed E-state index contributed by atoms with van der Waals surface area (Å²) in [5.74, 6) is -0.780. The summed E-state index contributed by atoms with van der Waals surface area (Å²) in [6, 6.07) is 7.31. The molecule has 0 saturated carbocycles. The Labute approximate surface area is 118 Å². The Morgan fingerprint density at radius 3 is 2.75 bits per heavy atom. The van der Waals surface area contributed by atoms with Crippen molar-refractivity contribution >= 4 is 29.2 Å². The SMILES string of the molecule is O=[N+]([O-])c1ccc(O)c(C=Nc2cc(Cl)ccc2F)c1. The first-order valence-electron chi connectivity index (χ1n) is 5.44. The van der Waals surface area contributed by atoms with E-state index in [4.69, 9.17) is 11.6 Å². The fourth-order valence-electron chi connectivity index (χ4n) is 1.48. The molecule has 0 heterocycles. The number of halogens is 2. The average molecular weight is 295 g/mol. The highest BCUT2D eigenvalue weighted by atomic mass is 35.5. The highest BCUT2D eigenvalue weighted by molar-refractivity contribution is 6.30. The van der Waals surface area contributed by atoms with Gasteiger partial charge in [-0.2, -0.15) is 0 Å². The van der Waals surface area contributed by atoms with Crippen LogP contribution in [0.25, 0.3) is 0 Å². The normalized spacial score (nSPS) is 10.9. The summed E-state index contributed by atoms with van der Waals surface area (Å²) in [5, 5.41) is 20.5. The Morgan fingerprint density at radius 2 is 2.05 bits per heavy atom. The minimum atomic E-state index is -0.600. The van der Waals surface area contributed by atoms with E-state index in [-0.39, 0.29) is 22.7 Å². The molecule has 20 heavy (non-hydrogen) atoms. The molecule has 2 aromatic rings. The summed E-state index contributed by atoms with van der Waals surface area (Å²) in [4.78, 5) is 13.9. The lowest BCUT2D eigenvalue weighted by Gasteiger charge is -2.00. The molecule has 0 aromatic heterocycles. The van der Waals surface area contributed by atoms with Gasteiger partial charge in [-0.25, -0.2) is 4.39 Å². The van der Waals surface area contributed by atoms with Crippen LogP contribution in [-0.4, -0.2) is 16.2 Å². The monoisotopic (exact) mass is 294 g/mol. The maximum absolute atomic E-state index is 13.4. The van der Waals surface area contributed by atoms with Gasteiger partial charge in [-0.15, -0.1) is 0 Å². The zero-order valence-electron chi connectivity index (χ0n) is 9.96. The van der Waals surface area contributed by atoms with Crippen LogP contribution in [0.15, 0.2) is 41.4 Å². The number of phenolic OH excluding ortho intramolecular Hbond substituents is 1. The van der Waals surface area contributed by atoms with Crippen LogP contribution < -0.4 is 0 Å². The molecule has 102 valence electrons. The Hall–Kier alpha value is -2.47. The van der Waals surface area contributed by atoms with Crippen LogP contribution >= 0.6 is 11.6 Å². The maximum Gasteiger partial charge on any atom is 0.270 e. The van der Waals surface area contributed by atoms with Gasteiger partial charge in [0.15, 0.2) is 0 Å². The third-order valence-corrected chi connectivity index (χ3v) is 2.71. The lowest BCUT2D eigenvalue weighted by Crippen LogP contribution is -1.90. The Morgan fingerprint density at radius 1 is 1.30 bits per heavy atom. The van der Waals surface area contributed by atoms with Crippen molar-refractivity contribution < 1.29 is 14.4 Å². The number of nitrogens with zero attached hydrogens (tertiary/aromatic N) is 2. The molecule has 0 aliphatic heterocycles. The molecule has 0 saturated heterocycles. The lowest BCUT2D eigenvalue weighted by atomic mass is 10.2. The van der Waals surface area contributed by atoms with Crippen molar-refractivity contribution in [3.63, 3.8) is 0 Å². The Balaban J connectivity index is 2.38. The standard InChI is InChI=1S/C13H8ClFN2O3/c14-9-1-3-11(15)12(6-9)16-7-8-5-10(17(19)20)2-4-13(8)18/h1-7,18H. The topological polar surface area (TPSA) is 75.7 Å². The van der Waals surface area contributed by atoms with Gasteiger partial charge in [0.25, 0.3) is 5.69 Å². The third-order valence-electron chi connectivity index (χ3n) is 2.47. The number of nitro benzene ring substituents is 1. The predicted molar refractivity (Wildman–Crippen MR) is 73.4 cm³/mol. The molecule has 0 spiro atoms. The van der Waals surface area contributed by atoms with Crippen molar-refractivity contribution in [3.05, 3.63) is 62.9 Å². The van der Waals surface area contributed by atoms with E-state index in [9.17, 15) is 19.6 Å². The second kappa shape index (κ2) is 5.66. The van der Waals surface area contributed by atoms with Gasteiger partial charge >= 0.3 is 0 Å². The van der Waals surface area contributed by atoms with Crippen LogP contribution in [0.2, 0.25) is 5.02 Å². The molecule has 0 bridgehead atoms. The molecule has 0 aliphatic carbocycles. The van der Waals surface area contributed by atoms with E-state index in [1.165, 1.54) is 18.2 Å². The summed E-state index contributed by atoms with van der Waals surface area (Å²) in [5.41, 5.74) is -0.113. The van der Waals surface area contributed by atoms with E-state index in [1.807, 2.05) is 0 Å². The van der Waals surface area contributed by atoms with Crippen LogP contribution in [0.3, 0.4) is 0 Å². The first-order chi connectivity index (χ1) is 9.47. The van der Waals surface area contributed by atoms with Crippen molar-refractivity contribution in [3.8, 4) is 5.75 Å². The molecule has 0 amide bonds. The van der Waals surface area contributed by atoms with Gasteiger partial charge in [0, 0.05) is 28.9 Å². The van der Waals surface area contributed by atoms with Crippen molar-refractivity contribution in [1.82, 2.24) is 0 Å². The van der Waals surface area contributed by atoms with E-state index >= 15 is 0 Å². The van der Waals surface area contributed by atoms with Crippen LogP contribution in [0, 0.1) is 15.9 Å². The average Bonchev–Trinajstić information content (AvgIpc) is 2.41. The van der Waals surface area contributed by atoms with Gasteiger partial charge in [-0.3, -0.25) is 15.1 Å². The van der Waals surface area contributed by atoms with Crippen LogP contribution in [0.1, 0.15) is 5.56 Å². The minimum absolute atomic E-state index is 0.0246. The van der Waals surface area contributed by atoms with Gasteiger partial charge in [0.05, 0.1) is 4.92 Å². The Bertz CT molecular complexity index is 704. The number of non-ortho nitro benzene ring substituents is 1. The largest absolute Gasteiger partial charge is 0.507 e. The molecule has 5 nitrogen and oxygen atoms in total. The van der Waals surface area contributed by atoms with Crippen molar-refractivity contribution in [2.45, 2.75) is 0 Å². The first-order valence-corrected chi connectivity index (χ1v) is 5.81. The van der Waals surface area contributed by atoms with E-state index in [2.05, 4.69) is 4.99 Å². The highest BCUT2D eigenvalue weighted by Gasteiger charge is 2.09. The molecule has 0 aliphatic rings. The van der Waals surface area contributed by atoms with Crippen LogP contribution in [0.5, 0.6) is 5.75 Å². The predicted octanol–water partition coefficient (Wildman–Crippen LogP) is 3.84. The number of hydrogen-bond donors (Lipinski definition) is 1. The fraction of sp³-hybridized carbons (Fsp3) is 0. The fourth-order valence-corrected chi connectivity index (χ4v) is 1.65. The van der Waals surface area contributed by atoms with Gasteiger partial charge in [0.2, 0.25) is 0 Å². The molecule has 0 fully saturated rings. The maximum atomic E-state index is 13.4. The summed E-state index contributed by atoms with van der Waals surface area (Å²) in [6.45, 7) is 0. The number of rotatable bonds is 3. The second-order valence-corrected chi connectivity index (χ2v) is 4.29. The number of benzene rings is 2. The number of nitro groups is 1. The van der Waals surface area contributed by atoms with Gasteiger partial charge in [-0.05, 0) is 24.3 Å². The summed E-state index contributed by atoms with van der Waals surface area (Å²) in [6.07, 6.45) is 1.14. The van der Waals surface area contributed by atoms with E-state index < -0.39 is 10.7 Å². The Kier molecular flexibility index (Phi) is 3.95. The molecule has 7 heteroatoms. The van der Waals surface area contributed by atoms with Crippen LogP contribution in [0.4, 0.5) is 15.8 Å². The second-order valence-electron chi connectivity index (χ2n) is 3.85. The van der Waals surface area contributed by atoms with Crippen LogP contribution in [-0.2, 0) is 0 Å². The first kappa shape index (κ1) is 14.0. The van der Waals surface area contributed by atoms with E-state index in [1.54, 1.807) is 0 Å². The molecular weight excluding hydrogens is 287 g/mol. The summed E-state index contributed by atoms with van der Waals surface area (Å²) in [7, 11) is 0. The van der Waals surface area contributed by atoms with Gasteiger partial charge in [0.1, 0.15) is 17.3 Å². The number of aliphatic imine (C=N–C) groups is 1. The molecular formula is C13H8ClFN2O3. The smallest absolute Gasteiger partial charge is 0.270 e. The molecule has 1 N–H and O–H groups in total. The van der Waals surface area contributed by atoms with Gasteiger partial charge in [-0.1, -0.05) is 11.6 Å². The summed E-state index contributed by atoms with van der Waals surface area (Å²) >= 11 is 5.72. The number of phenols is 1. The van der Waals surface area contributed by atoms with Gasteiger partial charge < -0.3 is 5.11 Å². The lowest BCUT2D eigenvalue weighted by molar-refractivity contribution is -0.384. The zero-order valence-corrected chi connectivity index (χ0v) is 10.7. The van der Waals surface area contributed by atoms with Crippen molar-refractivity contribution in [1.29, 1.82) is 0 Å². The molecule has 2 rings (SSSR count). The molecule has 0 atom stereocenters. The minimum Gasteiger partial charge on any atom is -0.507 e.